The molecule has 1 heterocycles. The lowest BCUT2D eigenvalue weighted by molar-refractivity contribution is 0.0952. The van der Waals surface area contributed by atoms with Crippen molar-refractivity contribution in [1.29, 1.82) is 0 Å². The third-order valence-electron chi connectivity index (χ3n) is 1.61. The third kappa shape index (κ3) is 2.05. The van der Waals surface area contributed by atoms with E-state index in [0.717, 1.165) is 0 Å². The number of nitrogens with one attached hydrogen (secondary N) is 1. The van der Waals surface area contributed by atoms with Crippen LogP contribution in [0.5, 0.6) is 0 Å². The van der Waals surface area contributed by atoms with Crippen LogP contribution in [0.2, 0.25) is 0 Å². The summed E-state index contributed by atoms with van der Waals surface area (Å²) in [6.45, 7) is 5.99. The fourth-order valence-corrected chi connectivity index (χ4v) is 0.802. The van der Waals surface area contributed by atoms with Crippen molar-refractivity contribution in [2.24, 2.45) is 0 Å². The topological polar surface area (TPSA) is 59.8 Å². The van der Waals surface area contributed by atoms with Gasteiger partial charge in [0.1, 0.15) is 6.33 Å². The van der Waals surface area contributed by atoms with Crippen molar-refractivity contribution in [2.75, 3.05) is 7.05 Å². The second-order valence-corrected chi connectivity index (χ2v) is 3.76. The average Bonchev–Trinajstić information content (AvgIpc) is 2.50. The molecule has 1 amide bonds. The Balaban J connectivity index is 2.93. The molecule has 1 N–H and O–H groups in total. The van der Waals surface area contributed by atoms with E-state index in [1.807, 2.05) is 20.8 Å². The first kappa shape index (κ1) is 9.70. The standard InChI is InChI=1S/C8H14N4O/c1-8(2,3)12-5-10-6(11-12)7(13)9-4/h5H,1-4H3,(H,9,13). The molecule has 1 rings (SSSR count). The first-order valence-corrected chi connectivity index (χ1v) is 4.09. The highest BCUT2D eigenvalue weighted by Crippen LogP contribution is 2.10. The Bertz CT molecular complexity index is 310. The van der Waals surface area contributed by atoms with Gasteiger partial charge in [0.15, 0.2) is 0 Å². The SMILES string of the molecule is CNC(=O)c1ncn(C(C)(C)C)n1. The zero-order valence-corrected chi connectivity index (χ0v) is 8.33. The maximum absolute atomic E-state index is 11.1. The number of carbonyl (C=O) groups excluding carboxylic acids is 1. The van der Waals surface area contributed by atoms with Gasteiger partial charge in [-0.2, -0.15) is 0 Å². The Morgan fingerprint density at radius 1 is 1.54 bits per heavy atom. The van der Waals surface area contributed by atoms with E-state index in [4.69, 9.17) is 0 Å². The molecule has 0 aromatic carbocycles. The maximum atomic E-state index is 11.1. The number of nitrogens with zero attached hydrogens (tertiary/aromatic N) is 3. The van der Waals surface area contributed by atoms with Gasteiger partial charge in [0.2, 0.25) is 5.82 Å². The Kier molecular flexibility index (Phi) is 2.36. The van der Waals surface area contributed by atoms with E-state index in [-0.39, 0.29) is 17.3 Å². The Labute approximate surface area is 77.2 Å². The lowest BCUT2D eigenvalue weighted by atomic mass is 10.1. The monoisotopic (exact) mass is 182 g/mol. The molecule has 0 spiro atoms. The molecule has 0 aliphatic heterocycles. The van der Waals surface area contributed by atoms with E-state index >= 15 is 0 Å². The second kappa shape index (κ2) is 3.16. The lowest BCUT2D eigenvalue weighted by Gasteiger charge is -2.17. The maximum Gasteiger partial charge on any atom is 0.290 e. The molecule has 5 heteroatoms. The van der Waals surface area contributed by atoms with Gasteiger partial charge < -0.3 is 5.32 Å². The zero-order valence-electron chi connectivity index (χ0n) is 8.33. The predicted molar refractivity (Wildman–Crippen MR) is 48.4 cm³/mol. The highest BCUT2D eigenvalue weighted by molar-refractivity contribution is 5.89. The van der Waals surface area contributed by atoms with Crippen molar-refractivity contribution in [3.8, 4) is 0 Å². The van der Waals surface area contributed by atoms with Crippen LogP contribution in [0.1, 0.15) is 31.4 Å². The Morgan fingerprint density at radius 2 is 2.15 bits per heavy atom. The Hall–Kier alpha value is -1.39. The summed E-state index contributed by atoms with van der Waals surface area (Å²) in [6.07, 6.45) is 1.56. The van der Waals surface area contributed by atoms with Crippen molar-refractivity contribution < 1.29 is 4.79 Å². The third-order valence-corrected chi connectivity index (χ3v) is 1.61. The molecule has 0 saturated carbocycles. The number of rotatable bonds is 1. The zero-order chi connectivity index (χ0) is 10.1. The van der Waals surface area contributed by atoms with Crippen LogP contribution < -0.4 is 5.32 Å². The highest BCUT2D eigenvalue weighted by atomic mass is 16.2. The van der Waals surface area contributed by atoms with Crippen molar-refractivity contribution in [3.63, 3.8) is 0 Å². The molecule has 0 bridgehead atoms. The summed E-state index contributed by atoms with van der Waals surface area (Å²) in [7, 11) is 1.56. The molecule has 0 aliphatic carbocycles. The van der Waals surface area contributed by atoms with Gasteiger partial charge in [0.25, 0.3) is 5.91 Å². The van der Waals surface area contributed by atoms with E-state index in [1.54, 1.807) is 18.1 Å². The van der Waals surface area contributed by atoms with E-state index in [1.165, 1.54) is 0 Å². The van der Waals surface area contributed by atoms with Crippen LogP contribution in [-0.4, -0.2) is 27.7 Å². The minimum absolute atomic E-state index is 0.140. The second-order valence-electron chi connectivity index (χ2n) is 3.76. The summed E-state index contributed by atoms with van der Waals surface area (Å²) in [4.78, 5) is 15.0. The van der Waals surface area contributed by atoms with Gasteiger partial charge in [-0.25, -0.2) is 9.67 Å². The molecule has 1 aromatic rings. The number of carbonyl (C=O) groups is 1. The number of hydrogen-bond acceptors (Lipinski definition) is 3. The van der Waals surface area contributed by atoms with Gasteiger partial charge >= 0.3 is 0 Å². The van der Waals surface area contributed by atoms with Crippen LogP contribution >= 0.6 is 0 Å². The molecule has 0 saturated heterocycles. The number of amides is 1. The largest absolute Gasteiger partial charge is 0.352 e. The predicted octanol–water partition coefficient (Wildman–Crippen LogP) is 0.393. The van der Waals surface area contributed by atoms with E-state index in [9.17, 15) is 4.79 Å². The molecule has 13 heavy (non-hydrogen) atoms. The van der Waals surface area contributed by atoms with E-state index < -0.39 is 0 Å². The Morgan fingerprint density at radius 3 is 2.54 bits per heavy atom. The average molecular weight is 182 g/mol. The molecule has 0 radical (unpaired) electrons. The summed E-state index contributed by atoms with van der Waals surface area (Å²) in [6, 6.07) is 0. The summed E-state index contributed by atoms with van der Waals surface area (Å²) >= 11 is 0. The fourth-order valence-electron chi connectivity index (χ4n) is 0.802. The van der Waals surface area contributed by atoms with Gasteiger partial charge in [-0.3, -0.25) is 4.79 Å². The van der Waals surface area contributed by atoms with Crippen LogP contribution in [0.25, 0.3) is 0 Å². The molecule has 0 aliphatic rings. The molecule has 72 valence electrons. The first-order chi connectivity index (χ1) is 5.95. The molecule has 5 nitrogen and oxygen atoms in total. The molecule has 0 atom stereocenters. The molecule has 1 aromatic heterocycles. The summed E-state index contributed by atoms with van der Waals surface area (Å²) in [5.74, 6) is -0.0552. The van der Waals surface area contributed by atoms with Gasteiger partial charge in [-0.15, -0.1) is 5.10 Å². The lowest BCUT2D eigenvalue weighted by Crippen LogP contribution is -2.24. The molecular weight excluding hydrogens is 168 g/mol. The van der Waals surface area contributed by atoms with Crippen LogP contribution in [0.15, 0.2) is 6.33 Å². The number of hydrogen-bond donors (Lipinski definition) is 1. The van der Waals surface area contributed by atoms with Crippen LogP contribution in [0.4, 0.5) is 0 Å². The van der Waals surface area contributed by atoms with Gasteiger partial charge in [0, 0.05) is 7.05 Å². The van der Waals surface area contributed by atoms with Crippen molar-refractivity contribution in [3.05, 3.63) is 12.2 Å². The molecular formula is C8H14N4O. The number of aromatic nitrogens is 3. The quantitative estimate of drug-likeness (QED) is 0.683. The molecule has 0 unspecified atom stereocenters. The smallest absolute Gasteiger partial charge is 0.290 e. The summed E-state index contributed by atoms with van der Waals surface area (Å²) in [5.41, 5.74) is -0.140. The van der Waals surface area contributed by atoms with Crippen LogP contribution in [-0.2, 0) is 5.54 Å². The molecule has 0 fully saturated rings. The minimum atomic E-state index is -0.261. The van der Waals surface area contributed by atoms with Crippen molar-refractivity contribution in [1.82, 2.24) is 20.1 Å². The van der Waals surface area contributed by atoms with E-state index in [2.05, 4.69) is 15.4 Å². The van der Waals surface area contributed by atoms with Crippen molar-refractivity contribution >= 4 is 5.91 Å². The van der Waals surface area contributed by atoms with E-state index in [0.29, 0.717) is 0 Å². The normalized spacial score (nSPS) is 11.4. The van der Waals surface area contributed by atoms with Crippen LogP contribution in [0, 0.1) is 0 Å². The first-order valence-electron chi connectivity index (χ1n) is 4.09. The summed E-state index contributed by atoms with van der Waals surface area (Å²) < 4.78 is 1.66. The minimum Gasteiger partial charge on any atom is -0.352 e. The van der Waals surface area contributed by atoms with Crippen molar-refractivity contribution in [2.45, 2.75) is 26.3 Å². The summed E-state index contributed by atoms with van der Waals surface area (Å²) in [5, 5.41) is 6.51. The highest BCUT2D eigenvalue weighted by Gasteiger charge is 2.17. The van der Waals surface area contributed by atoms with Gasteiger partial charge in [-0.05, 0) is 20.8 Å². The van der Waals surface area contributed by atoms with Gasteiger partial charge in [0.05, 0.1) is 5.54 Å². The van der Waals surface area contributed by atoms with Gasteiger partial charge in [-0.1, -0.05) is 0 Å². The fraction of sp³-hybridized carbons (Fsp3) is 0.625. The van der Waals surface area contributed by atoms with Crippen LogP contribution in [0.3, 0.4) is 0 Å².